The number of β-amino-alcohol motifs (C(OH)–C–C–N with tert-alkyl or cyclic N) is 1. The number of carbonyl (C=O) groups excluding carboxylic acids is 1. The Balaban J connectivity index is 1.53. The third-order valence-electron chi connectivity index (χ3n) is 5.39. The fourth-order valence-corrected chi connectivity index (χ4v) is 3.82. The second kappa shape index (κ2) is 6.78. The largest absolute Gasteiger partial charge is 0.387 e. The van der Waals surface area contributed by atoms with E-state index in [0.29, 0.717) is 38.5 Å². The Bertz CT molecular complexity index is 733. The Morgan fingerprint density at radius 2 is 2.04 bits per heavy atom. The van der Waals surface area contributed by atoms with E-state index in [4.69, 9.17) is 0 Å². The summed E-state index contributed by atoms with van der Waals surface area (Å²) in [4.78, 5) is 27.5. The average Bonchev–Trinajstić information content (AvgIpc) is 2.88. The van der Waals surface area contributed by atoms with Gasteiger partial charge in [-0.25, -0.2) is 4.68 Å². The van der Waals surface area contributed by atoms with Gasteiger partial charge in [0.2, 0.25) is 5.91 Å². The molecular weight excluding hydrogens is 332 g/mol. The van der Waals surface area contributed by atoms with Gasteiger partial charge in [0.25, 0.3) is 5.56 Å². The van der Waals surface area contributed by atoms with Crippen LogP contribution in [0.1, 0.15) is 39.8 Å². The predicted molar refractivity (Wildman–Crippen MR) is 98.9 cm³/mol. The third kappa shape index (κ3) is 4.15. The van der Waals surface area contributed by atoms with Crippen LogP contribution in [0.25, 0.3) is 0 Å². The number of amides is 1. The van der Waals surface area contributed by atoms with Crippen LogP contribution in [0.5, 0.6) is 0 Å². The SMILES string of the molecule is CC(=O)N1CCC(O)(CN2CC(Cn3nc(C(C)(C)C)ccc3=O)C2)C1. The number of likely N-dealkylation sites (tertiary alicyclic amines) is 2. The lowest BCUT2D eigenvalue weighted by Gasteiger charge is -2.42. The van der Waals surface area contributed by atoms with Gasteiger partial charge in [-0.15, -0.1) is 0 Å². The minimum Gasteiger partial charge on any atom is -0.387 e. The molecule has 1 aromatic rings. The number of rotatable bonds is 4. The molecule has 1 atom stereocenters. The van der Waals surface area contributed by atoms with Crippen molar-refractivity contribution in [3.05, 3.63) is 28.2 Å². The maximum absolute atomic E-state index is 12.1. The first-order valence-electron chi connectivity index (χ1n) is 9.35. The second-order valence-electron chi connectivity index (χ2n) is 8.96. The first kappa shape index (κ1) is 19.0. The van der Waals surface area contributed by atoms with Crippen LogP contribution in [0.3, 0.4) is 0 Å². The number of carbonyl (C=O) groups is 1. The molecule has 1 N–H and O–H groups in total. The van der Waals surface area contributed by atoms with Gasteiger partial charge in [-0.2, -0.15) is 5.10 Å². The Morgan fingerprint density at radius 1 is 1.35 bits per heavy atom. The Hall–Kier alpha value is -1.73. The molecule has 0 aromatic carbocycles. The molecule has 0 saturated carbocycles. The van der Waals surface area contributed by atoms with E-state index in [1.54, 1.807) is 22.6 Å². The maximum Gasteiger partial charge on any atom is 0.266 e. The molecular formula is C19H30N4O3. The molecule has 3 rings (SSSR count). The van der Waals surface area contributed by atoms with E-state index in [1.807, 2.05) is 6.07 Å². The molecule has 1 aromatic heterocycles. The highest BCUT2D eigenvalue weighted by atomic mass is 16.3. The van der Waals surface area contributed by atoms with Gasteiger partial charge in [0, 0.05) is 50.5 Å². The van der Waals surface area contributed by atoms with Crippen molar-refractivity contribution in [2.75, 3.05) is 32.7 Å². The highest BCUT2D eigenvalue weighted by Crippen LogP contribution is 2.27. The van der Waals surface area contributed by atoms with Crippen LogP contribution in [-0.2, 0) is 16.8 Å². The lowest BCUT2D eigenvalue weighted by atomic mass is 9.92. The van der Waals surface area contributed by atoms with E-state index in [0.717, 1.165) is 18.8 Å². The maximum atomic E-state index is 12.1. The summed E-state index contributed by atoms with van der Waals surface area (Å²) in [5.74, 6) is 0.385. The van der Waals surface area contributed by atoms with Gasteiger partial charge in [-0.05, 0) is 12.5 Å². The second-order valence-corrected chi connectivity index (χ2v) is 8.96. The molecule has 7 nitrogen and oxygen atoms in total. The zero-order valence-corrected chi connectivity index (χ0v) is 16.2. The van der Waals surface area contributed by atoms with Crippen molar-refractivity contribution >= 4 is 5.91 Å². The van der Waals surface area contributed by atoms with E-state index in [2.05, 4.69) is 30.8 Å². The van der Waals surface area contributed by atoms with Crippen molar-refractivity contribution in [2.45, 2.75) is 51.7 Å². The molecule has 0 aliphatic carbocycles. The van der Waals surface area contributed by atoms with Gasteiger partial charge >= 0.3 is 0 Å². The molecule has 144 valence electrons. The summed E-state index contributed by atoms with van der Waals surface area (Å²) in [6.45, 7) is 11.7. The number of hydrogen-bond acceptors (Lipinski definition) is 5. The van der Waals surface area contributed by atoms with Gasteiger partial charge in [0.15, 0.2) is 0 Å². The van der Waals surface area contributed by atoms with Crippen molar-refractivity contribution in [1.82, 2.24) is 19.6 Å². The zero-order chi connectivity index (χ0) is 19.1. The summed E-state index contributed by atoms with van der Waals surface area (Å²) >= 11 is 0. The lowest BCUT2D eigenvalue weighted by Crippen LogP contribution is -2.56. The van der Waals surface area contributed by atoms with Crippen molar-refractivity contribution < 1.29 is 9.90 Å². The van der Waals surface area contributed by atoms with E-state index >= 15 is 0 Å². The normalized spacial score (nSPS) is 24.7. The number of aliphatic hydroxyl groups is 1. The summed E-state index contributed by atoms with van der Waals surface area (Å²) in [5, 5.41) is 15.2. The Kier molecular flexibility index (Phi) is 4.96. The smallest absolute Gasteiger partial charge is 0.266 e. The zero-order valence-electron chi connectivity index (χ0n) is 16.2. The third-order valence-corrected chi connectivity index (χ3v) is 5.39. The molecule has 26 heavy (non-hydrogen) atoms. The molecule has 1 amide bonds. The van der Waals surface area contributed by atoms with Gasteiger partial charge in [-0.3, -0.25) is 14.5 Å². The molecule has 2 saturated heterocycles. The van der Waals surface area contributed by atoms with Crippen LogP contribution in [0, 0.1) is 5.92 Å². The summed E-state index contributed by atoms with van der Waals surface area (Å²) in [7, 11) is 0. The standard InChI is InChI=1S/C19H30N4O3/c1-14(24)22-8-7-19(26,13-22)12-21-9-15(10-21)11-23-17(25)6-5-16(20-23)18(2,3)4/h5-6,15,26H,7-13H2,1-4H3. The Morgan fingerprint density at radius 3 is 2.62 bits per heavy atom. The van der Waals surface area contributed by atoms with E-state index in [-0.39, 0.29) is 16.9 Å². The van der Waals surface area contributed by atoms with Crippen LogP contribution in [-0.4, -0.2) is 68.9 Å². The molecule has 2 aliphatic heterocycles. The summed E-state index contributed by atoms with van der Waals surface area (Å²) < 4.78 is 1.57. The van der Waals surface area contributed by atoms with Crippen molar-refractivity contribution in [3.63, 3.8) is 0 Å². The number of aromatic nitrogens is 2. The Labute approximate surface area is 154 Å². The minimum atomic E-state index is -0.808. The van der Waals surface area contributed by atoms with Crippen LogP contribution >= 0.6 is 0 Å². The molecule has 3 heterocycles. The van der Waals surface area contributed by atoms with Crippen molar-refractivity contribution in [3.8, 4) is 0 Å². The van der Waals surface area contributed by atoms with Gasteiger partial charge in [-0.1, -0.05) is 20.8 Å². The quantitative estimate of drug-likeness (QED) is 0.842. The number of hydrogen-bond donors (Lipinski definition) is 1. The summed E-state index contributed by atoms with van der Waals surface area (Å²) in [5.41, 5.74) is -0.0475. The number of nitrogens with zero attached hydrogens (tertiary/aromatic N) is 4. The summed E-state index contributed by atoms with van der Waals surface area (Å²) in [6, 6.07) is 3.41. The fraction of sp³-hybridized carbons (Fsp3) is 0.737. The molecule has 2 aliphatic rings. The highest BCUT2D eigenvalue weighted by molar-refractivity contribution is 5.73. The monoisotopic (exact) mass is 362 g/mol. The lowest BCUT2D eigenvalue weighted by molar-refractivity contribution is -0.129. The first-order chi connectivity index (χ1) is 12.1. The predicted octanol–water partition coefficient (Wildman–Crippen LogP) is 0.456. The average molecular weight is 362 g/mol. The van der Waals surface area contributed by atoms with E-state index in [1.165, 1.54) is 0 Å². The van der Waals surface area contributed by atoms with Crippen molar-refractivity contribution in [2.24, 2.45) is 5.92 Å². The molecule has 0 radical (unpaired) electrons. The highest BCUT2D eigenvalue weighted by Gasteiger charge is 2.41. The van der Waals surface area contributed by atoms with Crippen LogP contribution in [0.4, 0.5) is 0 Å². The van der Waals surface area contributed by atoms with E-state index < -0.39 is 5.60 Å². The van der Waals surface area contributed by atoms with Gasteiger partial charge in [0.05, 0.1) is 24.4 Å². The molecule has 0 spiro atoms. The van der Waals surface area contributed by atoms with Crippen LogP contribution in [0.2, 0.25) is 0 Å². The summed E-state index contributed by atoms with van der Waals surface area (Å²) in [6.07, 6.45) is 0.627. The van der Waals surface area contributed by atoms with E-state index in [9.17, 15) is 14.7 Å². The topological polar surface area (TPSA) is 78.7 Å². The van der Waals surface area contributed by atoms with Crippen LogP contribution in [0.15, 0.2) is 16.9 Å². The molecule has 0 bridgehead atoms. The minimum absolute atomic E-state index is 0.0200. The van der Waals surface area contributed by atoms with Gasteiger partial charge in [0.1, 0.15) is 0 Å². The molecule has 2 fully saturated rings. The molecule has 7 heteroatoms. The first-order valence-corrected chi connectivity index (χ1v) is 9.35. The molecule has 1 unspecified atom stereocenters. The van der Waals surface area contributed by atoms with Gasteiger partial charge < -0.3 is 10.0 Å². The fourth-order valence-electron chi connectivity index (χ4n) is 3.82. The van der Waals surface area contributed by atoms with Crippen molar-refractivity contribution in [1.29, 1.82) is 0 Å². The van der Waals surface area contributed by atoms with Crippen LogP contribution < -0.4 is 5.56 Å².